The van der Waals surface area contributed by atoms with Gasteiger partial charge in [-0.05, 0) is 49.4 Å². The number of ether oxygens (including phenoxy) is 3. The Morgan fingerprint density at radius 3 is 2.67 bits per heavy atom. The predicted molar refractivity (Wildman–Crippen MR) is 110 cm³/mol. The van der Waals surface area contributed by atoms with Crippen LogP contribution in [0.4, 0.5) is 10.5 Å². The first-order valence-corrected chi connectivity index (χ1v) is 10.7. The zero-order chi connectivity index (χ0) is 20.9. The summed E-state index contributed by atoms with van der Waals surface area (Å²) in [5.74, 6) is -0.154. The van der Waals surface area contributed by atoms with Crippen LogP contribution in [-0.4, -0.2) is 31.3 Å². The van der Waals surface area contributed by atoms with E-state index < -0.39 is 24.5 Å². The Labute approximate surface area is 177 Å². The van der Waals surface area contributed by atoms with Crippen LogP contribution in [0, 0.1) is 0 Å². The molecule has 4 rings (SSSR count). The van der Waals surface area contributed by atoms with Crippen LogP contribution in [0.15, 0.2) is 24.3 Å². The molecule has 0 spiro atoms. The molecule has 0 bridgehead atoms. The fourth-order valence-electron chi connectivity index (χ4n) is 3.45. The second-order valence-corrected chi connectivity index (χ2v) is 8.26. The second kappa shape index (κ2) is 9.17. The van der Waals surface area contributed by atoms with Crippen LogP contribution in [0.2, 0.25) is 0 Å². The topological polar surface area (TPSA) is 103 Å². The number of aryl methyl sites for hydroxylation is 2. The first-order valence-electron chi connectivity index (χ1n) is 9.88. The number of nitrogens with one attached hydrogen (secondary N) is 2. The molecule has 158 valence electrons. The van der Waals surface area contributed by atoms with Gasteiger partial charge in [0.25, 0.3) is 5.91 Å². The number of esters is 1. The molecule has 0 saturated carbocycles. The van der Waals surface area contributed by atoms with Crippen molar-refractivity contribution in [2.75, 3.05) is 18.7 Å². The van der Waals surface area contributed by atoms with Crippen LogP contribution in [-0.2, 0) is 22.4 Å². The number of carbonyl (C=O) groups is 3. The summed E-state index contributed by atoms with van der Waals surface area (Å²) in [6.45, 7) is -0.405. The zero-order valence-corrected chi connectivity index (χ0v) is 17.1. The van der Waals surface area contributed by atoms with E-state index in [0.717, 1.165) is 25.7 Å². The number of imide groups is 1. The lowest BCUT2D eigenvalue weighted by Gasteiger charge is -2.07. The number of carbonyl (C=O) groups excluding carboxylic acids is 3. The van der Waals surface area contributed by atoms with Crippen LogP contribution in [0.25, 0.3) is 0 Å². The van der Waals surface area contributed by atoms with Crippen molar-refractivity contribution in [1.29, 1.82) is 0 Å². The Kier molecular flexibility index (Phi) is 6.18. The summed E-state index contributed by atoms with van der Waals surface area (Å²) in [4.78, 5) is 38.0. The standard InChI is InChI=1S/C21H22N2O6S/c24-19(23-21(26)22-14-7-8-15-16(10-14)29-12-28-15)11-27-20(25)18-9-13-5-3-1-2-4-6-17(13)30-18/h7-10H,1-6,11-12H2,(H2,22,23,24,26). The minimum atomic E-state index is -0.728. The van der Waals surface area contributed by atoms with Gasteiger partial charge < -0.3 is 19.5 Å². The van der Waals surface area contributed by atoms with Crippen LogP contribution < -0.4 is 20.1 Å². The SMILES string of the molecule is O=C(COC(=O)c1cc2c(s1)CCCCCC2)NC(=O)Nc1ccc2c(c1)OCO2. The average Bonchev–Trinajstić information content (AvgIpc) is 3.32. The van der Waals surface area contributed by atoms with E-state index in [2.05, 4.69) is 10.6 Å². The third kappa shape index (κ3) is 4.91. The Hall–Kier alpha value is -3.07. The third-order valence-electron chi connectivity index (χ3n) is 4.92. The molecule has 2 N–H and O–H groups in total. The summed E-state index contributed by atoms with van der Waals surface area (Å²) in [7, 11) is 0. The monoisotopic (exact) mass is 430 g/mol. The zero-order valence-electron chi connectivity index (χ0n) is 16.3. The van der Waals surface area contributed by atoms with Crippen molar-refractivity contribution in [2.45, 2.75) is 38.5 Å². The van der Waals surface area contributed by atoms with Crippen molar-refractivity contribution in [3.05, 3.63) is 39.6 Å². The number of fused-ring (bicyclic) bond motifs is 2. The second-order valence-electron chi connectivity index (χ2n) is 7.12. The van der Waals surface area contributed by atoms with Crippen molar-refractivity contribution in [3.63, 3.8) is 0 Å². The summed E-state index contributed by atoms with van der Waals surface area (Å²) in [6, 6.07) is 6.02. The summed E-state index contributed by atoms with van der Waals surface area (Å²) in [5, 5.41) is 4.66. The van der Waals surface area contributed by atoms with Gasteiger partial charge in [0.2, 0.25) is 6.79 Å². The molecule has 1 aromatic carbocycles. The number of thiophene rings is 1. The number of hydrogen-bond acceptors (Lipinski definition) is 7. The molecule has 1 aliphatic heterocycles. The number of hydrogen-bond donors (Lipinski definition) is 2. The maximum absolute atomic E-state index is 12.3. The molecule has 3 amide bonds. The minimum Gasteiger partial charge on any atom is -0.454 e. The fourth-order valence-corrected chi connectivity index (χ4v) is 4.59. The van der Waals surface area contributed by atoms with E-state index in [9.17, 15) is 14.4 Å². The van der Waals surface area contributed by atoms with Gasteiger partial charge in [0, 0.05) is 16.6 Å². The maximum atomic E-state index is 12.3. The molecule has 0 atom stereocenters. The van der Waals surface area contributed by atoms with E-state index in [4.69, 9.17) is 14.2 Å². The number of rotatable bonds is 4. The van der Waals surface area contributed by atoms with Gasteiger partial charge in [-0.25, -0.2) is 9.59 Å². The van der Waals surface area contributed by atoms with Gasteiger partial charge >= 0.3 is 12.0 Å². The number of benzene rings is 1. The highest BCUT2D eigenvalue weighted by Gasteiger charge is 2.19. The van der Waals surface area contributed by atoms with Crippen molar-refractivity contribution < 1.29 is 28.6 Å². The molecule has 0 fully saturated rings. The number of urea groups is 1. The van der Waals surface area contributed by atoms with Crippen molar-refractivity contribution in [3.8, 4) is 11.5 Å². The molecule has 0 unspecified atom stereocenters. The minimum absolute atomic E-state index is 0.127. The lowest BCUT2D eigenvalue weighted by molar-refractivity contribution is -0.123. The van der Waals surface area contributed by atoms with Crippen molar-refractivity contribution in [1.82, 2.24) is 5.32 Å². The first-order chi connectivity index (χ1) is 14.6. The van der Waals surface area contributed by atoms with Crippen LogP contribution in [0.1, 0.15) is 45.8 Å². The van der Waals surface area contributed by atoms with Crippen LogP contribution in [0.3, 0.4) is 0 Å². The van der Waals surface area contributed by atoms with E-state index in [1.54, 1.807) is 18.2 Å². The summed E-state index contributed by atoms with van der Waals surface area (Å²) >= 11 is 1.44. The highest BCUT2D eigenvalue weighted by atomic mass is 32.1. The van der Waals surface area contributed by atoms with E-state index in [1.165, 1.54) is 34.6 Å². The quantitative estimate of drug-likeness (QED) is 0.718. The molecule has 9 heteroatoms. The number of amides is 3. The van der Waals surface area contributed by atoms with E-state index in [0.29, 0.717) is 22.1 Å². The summed E-state index contributed by atoms with van der Waals surface area (Å²) in [6.07, 6.45) is 6.63. The molecule has 2 aliphatic rings. The Bertz CT molecular complexity index is 945. The highest BCUT2D eigenvalue weighted by molar-refractivity contribution is 7.14. The summed E-state index contributed by atoms with van der Waals surface area (Å²) in [5.41, 5.74) is 1.65. The molecule has 1 aromatic heterocycles. The molecule has 30 heavy (non-hydrogen) atoms. The van der Waals surface area contributed by atoms with E-state index in [1.807, 2.05) is 6.07 Å². The lowest BCUT2D eigenvalue weighted by Crippen LogP contribution is -2.37. The fraction of sp³-hybridized carbons (Fsp3) is 0.381. The molecule has 8 nitrogen and oxygen atoms in total. The Morgan fingerprint density at radius 1 is 1.00 bits per heavy atom. The largest absolute Gasteiger partial charge is 0.454 e. The van der Waals surface area contributed by atoms with Gasteiger partial charge in [0.1, 0.15) is 4.88 Å². The van der Waals surface area contributed by atoms with Gasteiger partial charge in [-0.1, -0.05) is 12.8 Å². The van der Waals surface area contributed by atoms with Gasteiger partial charge in [-0.15, -0.1) is 11.3 Å². The van der Waals surface area contributed by atoms with Gasteiger partial charge in [-0.2, -0.15) is 0 Å². The smallest absolute Gasteiger partial charge is 0.348 e. The first kappa shape index (κ1) is 20.2. The van der Waals surface area contributed by atoms with Crippen LogP contribution in [0.5, 0.6) is 11.5 Å². The molecular weight excluding hydrogens is 408 g/mol. The predicted octanol–water partition coefficient (Wildman–Crippen LogP) is 3.64. The van der Waals surface area contributed by atoms with Gasteiger partial charge in [-0.3, -0.25) is 10.1 Å². The molecule has 0 saturated heterocycles. The van der Waals surface area contributed by atoms with Gasteiger partial charge in [0.05, 0.1) is 0 Å². The normalized spacial score (nSPS) is 14.8. The molecule has 2 aromatic rings. The van der Waals surface area contributed by atoms with E-state index >= 15 is 0 Å². The Balaban J connectivity index is 1.25. The number of anilines is 1. The third-order valence-corrected chi connectivity index (χ3v) is 6.13. The van der Waals surface area contributed by atoms with Crippen molar-refractivity contribution >= 4 is 34.9 Å². The molecule has 1 aliphatic carbocycles. The average molecular weight is 430 g/mol. The maximum Gasteiger partial charge on any atom is 0.348 e. The van der Waals surface area contributed by atoms with E-state index in [-0.39, 0.29) is 6.79 Å². The molecular formula is C21H22N2O6S. The lowest BCUT2D eigenvalue weighted by atomic mass is 10.00. The highest BCUT2D eigenvalue weighted by Crippen LogP contribution is 2.34. The summed E-state index contributed by atoms with van der Waals surface area (Å²) < 4.78 is 15.5. The Morgan fingerprint density at radius 2 is 1.80 bits per heavy atom. The van der Waals surface area contributed by atoms with Gasteiger partial charge in [0.15, 0.2) is 18.1 Å². The van der Waals surface area contributed by atoms with Crippen molar-refractivity contribution in [2.24, 2.45) is 0 Å². The van der Waals surface area contributed by atoms with Crippen LogP contribution >= 0.6 is 11.3 Å². The molecule has 0 radical (unpaired) electrons. The molecule has 2 heterocycles.